The summed E-state index contributed by atoms with van der Waals surface area (Å²) in [7, 11) is 1.13. The molecular formula is C13H24N8O7. The Bertz CT molecular complexity index is 624. The lowest BCUT2D eigenvalue weighted by Crippen LogP contribution is -2.49. The molecule has 0 aliphatic rings. The zero-order valence-electron chi connectivity index (χ0n) is 15.2. The molecule has 0 saturated carbocycles. The topological polar surface area (TPSA) is 247 Å². The number of ether oxygens (including phenoxy) is 1. The van der Waals surface area contributed by atoms with Gasteiger partial charge in [-0.3, -0.25) is 14.4 Å². The fourth-order valence-electron chi connectivity index (χ4n) is 1.87. The van der Waals surface area contributed by atoms with Crippen molar-refractivity contribution in [1.82, 2.24) is 16.1 Å². The normalized spacial score (nSPS) is 13.0. The molecule has 15 nitrogen and oxygen atoms in total. The van der Waals surface area contributed by atoms with Crippen molar-refractivity contribution < 1.29 is 28.9 Å². The van der Waals surface area contributed by atoms with Crippen LogP contribution >= 0.6 is 0 Å². The summed E-state index contributed by atoms with van der Waals surface area (Å²) < 4.78 is 4.58. The lowest BCUT2D eigenvalue weighted by molar-refractivity contribution is -0.525. The Morgan fingerprint density at radius 1 is 1.25 bits per heavy atom. The molecule has 0 spiro atoms. The van der Waals surface area contributed by atoms with Crippen molar-refractivity contribution in [3.8, 4) is 0 Å². The van der Waals surface area contributed by atoms with Crippen molar-refractivity contribution in [2.24, 2.45) is 22.2 Å². The number of nitrogens with one attached hydrogen (secondary N) is 3. The monoisotopic (exact) mass is 404 g/mol. The third-order valence-corrected chi connectivity index (χ3v) is 3.14. The van der Waals surface area contributed by atoms with Gasteiger partial charge in [0, 0.05) is 6.54 Å². The van der Waals surface area contributed by atoms with Crippen LogP contribution < -0.4 is 33.3 Å². The number of rotatable bonds is 12. The Labute approximate surface area is 159 Å². The lowest BCUT2D eigenvalue weighted by atomic mass is 10.1. The molecule has 0 aromatic carbocycles. The molecule has 0 aromatic rings. The molecule has 0 aliphatic carbocycles. The van der Waals surface area contributed by atoms with E-state index in [2.05, 4.69) is 20.4 Å². The number of primary amides is 1. The second kappa shape index (κ2) is 12.8. The van der Waals surface area contributed by atoms with E-state index in [-0.39, 0.29) is 25.8 Å². The molecule has 2 atom stereocenters. The quantitative estimate of drug-likeness (QED) is 0.0457. The number of guanidine groups is 1. The highest BCUT2D eigenvalue weighted by molar-refractivity contribution is 5.91. The van der Waals surface area contributed by atoms with Crippen LogP contribution in [0.4, 0.5) is 0 Å². The van der Waals surface area contributed by atoms with Gasteiger partial charge in [0.25, 0.3) is 5.96 Å². The number of nitro groups is 1. The van der Waals surface area contributed by atoms with Crippen molar-refractivity contribution in [2.75, 3.05) is 20.2 Å². The summed E-state index contributed by atoms with van der Waals surface area (Å²) in [6.45, 7) is -0.439. The smallest absolute Gasteiger partial charge is 0.328 e. The van der Waals surface area contributed by atoms with Gasteiger partial charge in [0.15, 0.2) is 5.03 Å². The van der Waals surface area contributed by atoms with Gasteiger partial charge in [-0.15, -0.1) is 0 Å². The first-order chi connectivity index (χ1) is 13.1. The lowest BCUT2D eigenvalue weighted by Gasteiger charge is -2.17. The zero-order valence-corrected chi connectivity index (χ0v) is 15.2. The van der Waals surface area contributed by atoms with Gasteiger partial charge in [-0.2, -0.15) is 0 Å². The number of nitrogens with zero attached hydrogens (tertiary/aromatic N) is 2. The number of hydrazine groups is 1. The van der Waals surface area contributed by atoms with E-state index < -0.39 is 53.3 Å². The van der Waals surface area contributed by atoms with Crippen molar-refractivity contribution in [3.63, 3.8) is 0 Å². The van der Waals surface area contributed by atoms with E-state index in [4.69, 9.17) is 17.2 Å². The van der Waals surface area contributed by atoms with Gasteiger partial charge < -0.3 is 32.6 Å². The van der Waals surface area contributed by atoms with E-state index in [1.54, 1.807) is 5.43 Å². The molecule has 9 N–H and O–H groups in total. The number of methoxy groups -OCH3 is 1. The second-order valence-corrected chi connectivity index (χ2v) is 5.42. The maximum atomic E-state index is 11.9. The Balaban J connectivity index is 4.49. The molecule has 0 saturated heterocycles. The van der Waals surface area contributed by atoms with Crippen LogP contribution in [0.2, 0.25) is 0 Å². The average molecular weight is 404 g/mol. The van der Waals surface area contributed by atoms with Crippen LogP contribution in [-0.2, 0) is 23.9 Å². The molecule has 158 valence electrons. The highest BCUT2D eigenvalue weighted by Gasteiger charge is 2.22. The number of nitrogens with two attached hydrogens (primary N) is 3. The molecule has 15 heteroatoms. The molecule has 28 heavy (non-hydrogen) atoms. The summed E-state index contributed by atoms with van der Waals surface area (Å²) in [6, 6.07) is -2.23. The fraction of sp³-hybridized carbons (Fsp3) is 0.615. The minimum absolute atomic E-state index is 0.0503. The molecular weight excluding hydrogens is 380 g/mol. The number of hydrogen-bond acceptors (Lipinski definition) is 9. The van der Waals surface area contributed by atoms with Crippen LogP contribution in [0, 0.1) is 10.1 Å². The Morgan fingerprint density at radius 2 is 1.89 bits per heavy atom. The highest BCUT2D eigenvalue weighted by atomic mass is 16.7. The summed E-state index contributed by atoms with van der Waals surface area (Å²) in [5, 5.41) is 13.9. The first-order valence-electron chi connectivity index (χ1n) is 7.96. The zero-order chi connectivity index (χ0) is 21.7. The molecule has 0 radical (unpaired) electrons. The van der Waals surface area contributed by atoms with Gasteiger partial charge in [-0.05, 0) is 12.8 Å². The summed E-state index contributed by atoms with van der Waals surface area (Å²) in [4.78, 5) is 59.8. The SMILES string of the molecule is COC(=O)C(CCCN=C(N)N[N+](=O)[O-])NC(=O)CNC(=O)C(N)CC(N)=O. The molecule has 2 unspecified atom stereocenters. The Kier molecular flexibility index (Phi) is 11.2. The van der Waals surface area contributed by atoms with Crippen LogP contribution in [0.1, 0.15) is 19.3 Å². The molecule has 0 rings (SSSR count). The van der Waals surface area contributed by atoms with Crippen LogP contribution in [0.3, 0.4) is 0 Å². The van der Waals surface area contributed by atoms with E-state index >= 15 is 0 Å². The summed E-state index contributed by atoms with van der Waals surface area (Å²) in [5.74, 6) is -3.36. The molecule has 0 fully saturated rings. The first-order valence-corrected chi connectivity index (χ1v) is 7.96. The third-order valence-electron chi connectivity index (χ3n) is 3.14. The molecule has 3 amide bonds. The summed E-state index contributed by atoms with van der Waals surface area (Å²) in [5.41, 5.74) is 17.2. The van der Waals surface area contributed by atoms with E-state index in [0.29, 0.717) is 0 Å². The number of aliphatic imine (C=N–C) groups is 1. The van der Waals surface area contributed by atoms with Crippen LogP contribution in [0.25, 0.3) is 0 Å². The minimum Gasteiger partial charge on any atom is -0.467 e. The van der Waals surface area contributed by atoms with Gasteiger partial charge in [0.1, 0.15) is 6.04 Å². The van der Waals surface area contributed by atoms with E-state index in [9.17, 15) is 29.3 Å². The standard InChI is InChI=1S/C13H24N8O7/c1-28-12(25)8(3-2-4-17-13(16)20-21(26)27)19-10(23)6-18-11(24)7(14)5-9(15)22/h7-8H,2-6,14H2,1H3,(H2,15,22)(H,18,24)(H,19,23)(H3,16,17,20). The summed E-state index contributed by atoms with van der Waals surface area (Å²) >= 11 is 0. The van der Waals surface area contributed by atoms with Crippen molar-refractivity contribution >= 4 is 29.7 Å². The van der Waals surface area contributed by atoms with E-state index in [1.165, 1.54) is 0 Å². The Hall–Kier alpha value is -3.49. The van der Waals surface area contributed by atoms with Gasteiger partial charge in [-0.25, -0.2) is 19.9 Å². The largest absolute Gasteiger partial charge is 0.467 e. The maximum absolute atomic E-state index is 11.9. The van der Waals surface area contributed by atoms with Gasteiger partial charge in [-0.1, -0.05) is 5.43 Å². The predicted octanol–water partition coefficient (Wildman–Crippen LogP) is -4.16. The second-order valence-electron chi connectivity index (χ2n) is 5.42. The van der Waals surface area contributed by atoms with Gasteiger partial charge in [0.05, 0.1) is 26.1 Å². The predicted molar refractivity (Wildman–Crippen MR) is 94.6 cm³/mol. The Morgan fingerprint density at radius 3 is 2.43 bits per heavy atom. The van der Waals surface area contributed by atoms with Crippen LogP contribution in [0.15, 0.2) is 4.99 Å². The first kappa shape index (κ1) is 24.5. The van der Waals surface area contributed by atoms with E-state index in [0.717, 1.165) is 7.11 Å². The maximum Gasteiger partial charge on any atom is 0.328 e. The minimum atomic E-state index is -1.20. The van der Waals surface area contributed by atoms with Crippen LogP contribution in [0.5, 0.6) is 0 Å². The average Bonchev–Trinajstić information content (AvgIpc) is 2.60. The van der Waals surface area contributed by atoms with Gasteiger partial charge >= 0.3 is 5.97 Å². The highest BCUT2D eigenvalue weighted by Crippen LogP contribution is 2.00. The van der Waals surface area contributed by atoms with E-state index in [1.807, 2.05) is 0 Å². The van der Waals surface area contributed by atoms with Crippen LogP contribution in [-0.4, -0.2) is 67.0 Å². The summed E-state index contributed by atoms with van der Waals surface area (Å²) in [6.07, 6.45) is -0.0357. The van der Waals surface area contributed by atoms with Crippen molar-refractivity contribution in [2.45, 2.75) is 31.3 Å². The number of hydrogen-bond donors (Lipinski definition) is 6. The fourth-order valence-corrected chi connectivity index (χ4v) is 1.87. The number of carbonyl (C=O) groups is 4. The molecule has 0 heterocycles. The van der Waals surface area contributed by atoms with Crippen molar-refractivity contribution in [1.29, 1.82) is 0 Å². The number of esters is 1. The van der Waals surface area contributed by atoms with Gasteiger partial charge in [0.2, 0.25) is 17.7 Å². The third kappa shape index (κ3) is 11.2. The number of amides is 3. The molecule has 0 aromatic heterocycles. The van der Waals surface area contributed by atoms with Crippen molar-refractivity contribution in [3.05, 3.63) is 10.1 Å². The number of carbonyl (C=O) groups excluding carboxylic acids is 4. The molecule has 0 bridgehead atoms. The molecule has 0 aliphatic heterocycles.